The Morgan fingerprint density at radius 3 is 2.43 bits per heavy atom. The van der Waals surface area contributed by atoms with E-state index < -0.39 is 5.97 Å². The number of ether oxygens (including phenoxy) is 1. The highest BCUT2D eigenvalue weighted by Crippen LogP contribution is 2.18. The Morgan fingerprint density at radius 2 is 1.86 bits per heavy atom. The highest BCUT2D eigenvalue weighted by Gasteiger charge is 2.17. The molecule has 0 bridgehead atoms. The summed E-state index contributed by atoms with van der Waals surface area (Å²) in [6.45, 7) is 5.90. The van der Waals surface area contributed by atoms with Crippen molar-refractivity contribution in [3.8, 4) is 0 Å². The summed E-state index contributed by atoms with van der Waals surface area (Å²) in [5.74, 6) is -0.641. The summed E-state index contributed by atoms with van der Waals surface area (Å²) in [7, 11) is 1.31. The normalized spacial score (nSPS) is 10.7. The van der Waals surface area contributed by atoms with Gasteiger partial charge in [0, 0.05) is 6.42 Å². The Balaban J connectivity index is 2.72. The van der Waals surface area contributed by atoms with Gasteiger partial charge in [-0.3, -0.25) is 4.79 Å². The molecule has 1 aromatic rings. The number of thiocarbonyl (C=S) groups is 1. The van der Waals surface area contributed by atoms with Crippen LogP contribution in [0.15, 0.2) is 24.3 Å². The molecule has 1 aromatic carbocycles. The third-order valence-electron chi connectivity index (χ3n) is 2.52. The molecule has 0 heterocycles. The van der Waals surface area contributed by atoms with Gasteiger partial charge in [-0.25, -0.2) is 4.79 Å². The zero-order valence-electron chi connectivity index (χ0n) is 12.6. The predicted molar refractivity (Wildman–Crippen MR) is 86.2 cm³/mol. The average Bonchev–Trinajstić information content (AvgIpc) is 2.35. The average molecular weight is 308 g/mol. The van der Waals surface area contributed by atoms with Crippen molar-refractivity contribution in [3.05, 3.63) is 29.8 Å². The van der Waals surface area contributed by atoms with Crippen LogP contribution >= 0.6 is 12.2 Å². The summed E-state index contributed by atoms with van der Waals surface area (Å²) in [6.07, 6.45) is 0.355. The minimum atomic E-state index is -0.470. The quantitative estimate of drug-likeness (QED) is 0.664. The summed E-state index contributed by atoms with van der Waals surface area (Å²) < 4.78 is 4.70. The lowest BCUT2D eigenvalue weighted by molar-refractivity contribution is -0.121. The van der Waals surface area contributed by atoms with Crippen LogP contribution in [0.3, 0.4) is 0 Å². The number of hydrogen-bond acceptors (Lipinski definition) is 4. The zero-order valence-corrected chi connectivity index (χ0v) is 13.5. The summed E-state index contributed by atoms with van der Waals surface area (Å²) in [4.78, 5) is 23.4. The van der Waals surface area contributed by atoms with E-state index in [0.717, 1.165) is 0 Å². The molecular weight excluding hydrogens is 288 g/mol. The SMILES string of the molecule is COC(=O)c1ccccc1NC(=S)NC(=O)CC(C)(C)C. The van der Waals surface area contributed by atoms with Crippen LogP contribution in [0.1, 0.15) is 37.6 Å². The molecule has 1 amide bonds. The number of hydrogen-bond donors (Lipinski definition) is 2. The van der Waals surface area contributed by atoms with Gasteiger partial charge in [-0.2, -0.15) is 0 Å². The maximum absolute atomic E-state index is 11.8. The number of benzene rings is 1. The molecule has 0 radical (unpaired) electrons. The summed E-state index contributed by atoms with van der Waals surface area (Å²) in [5, 5.41) is 5.59. The van der Waals surface area contributed by atoms with Crippen LogP contribution in [0.25, 0.3) is 0 Å². The first kappa shape index (κ1) is 17.1. The Morgan fingerprint density at radius 1 is 1.24 bits per heavy atom. The van der Waals surface area contributed by atoms with Crippen molar-refractivity contribution in [1.82, 2.24) is 5.32 Å². The van der Waals surface area contributed by atoms with Gasteiger partial charge in [0.2, 0.25) is 5.91 Å². The molecule has 0 saturated carbocycles. The highest BCUT2D eigenvalue weighted by atomic mass is 32.1. The molecule has 0 aliphatic rings. The minimum absolute atomic E-state index is 0.121. The molecule has 0 fully saturated rings. The van der Waals surface area contributed by atoms with Gasteiger partial charge in [0.05, 0.1) is 18.4 Å². The van der Waals surface area contributed by atoms with Gasteiger partial charge < -0.3 is 15.4 Å². The standard InChI is InChI=1S/C15H20N2O3S/c1-15(2,3)9-12(18)17-14(21)16-11-8-6-5-7-10(11)13(19)20-4/h5-8H,9H2,1-4H3,(H2,16,17,18,21). The monoisotopic (exact) mass is 308 g/mol. The second-order valence-electron chi connectivity index (χ2n) is 5.78. The van der Waals surface area contributed by atoms with Crippen molar-refractivity contribution in [1.29, 1.82) is 0 Å². The molecule has 5 nitrogen and oxygen atoms in total. The smallest absolute Gasteiger partial charge is 0.339 e. The van der Waals surface area contributed by atoms with E-state index in [0.29, 0.717) is 17.7 Å². The minimum Gasteiger partial charge on any atom is -0.465 e. The number of para-hydroxylation sites is 1. The molecule has 0 atom stereocenters. The third kappa shape index (κ3) is 5.91. The summed E-state index contributed by atoms with van der Waals surface area (Å²) >= 11 is 5.09. The molecule has 21 heavy (non-hydrogen) atoms. The summed E-state index contributed by atoms with van der Waals surface area (Å²) in [6, 6.07) is 6.79. The molecule has 0 aliphatic carbocycles. The predicted octanol–water partition coefficient (Wildman–Crippen LogP) is 2.72. The van der Waals surface area contributed by atoms with E-state index >= 15 is 0 Å². The first-order valence-corrected chi connectivity index (χ1v) is 6.92. The van der Waals surface area contributed by atoms with Crippen molar-refractivity contribution >= 4 is 34.9 Å². The Hall–Kier alpha value is -1.95. The molecule has 114 valence electrons. The summed E-state index contributed by atoms with van der Waals surface area (Å²) in [5.41, 5.74) is 0.724. The van der Waals surface area contributed by atoms with Gasteiger partial charge in [-0.1, -0.05) is 32.9 Å². The second-order valence-corrected chi connectivity index (χ2v) is 6.19. The van der Waals surface area contributed by atoms with Gasteiger partial charge in [-0.15, -0.1) is 0 Å². The van der Waals surface area contributed by atoms with E-state index in [-0.39, 0.29) is 16.4 Å². The maximum Gasteiger partial charge on any atom is 0.339 e. The zero-order chi connectivity index (χ0) is 16.0. The number of rotatable bonds is 3. The fourth-order valence-electron chi connectivity index (χ4n) is 1.69. The van der Waals surface area contributed by atoms with E-state index in [9.17, 15) is 9.59 Å². The molecule has 0 aliphatic heterocycles. The molecule has 2 N–H and O–H groups in total. The first-order valence-electron chi connectivity index (χ1n) is 6.51. The number of anilines is 1. The van der Waals surface area contributed by atoms with Crippen LogP contribution < -0.4 is 10.6 Å². The molecule has 0 spiro atoms. The fraction of sp³-hybridized carbons (Fsp3) is 0.400. The maximum atomic E-state index is 11.8. The first-order chi connectivity index (χ1) is 9.73. The lowest BCUT2D eigenvalue weighted by atomic mass is 9.92. The van der Waals surface area contributed by atoms with E-state index in [4.69, 9.17) is 17.0 Å². The largest absolute Gasteiger partial charge is 0.465 e. The van der Waals surface area contributed by atoms with E-state index in [1.54, 1.807) is 24.3 Å². The van der Waals surface area contributed by atoms with Gasteiger partial charge in [0.1, 0.15) is 0 Å². The number of amides is 1. The lowest BCUT2D eigenvalue weighted by Crippen LogP contribution is -2.36. The second kappa shape index (κ2) is 7.17. The Bertz CT molecular complexity index is 550. The fourth-order valence-corrected chi connectivity index (χ4v) is 1.91. The van der Waals surface area contributed by atoms with Gasteiger partial charge in [0.15, 0.2) is 5.11 Å². The molecule has 0 aromatic heterocycles. The topological polar surface area (TPSA) is 67.4 Å². The molecule has 6 heteroatoms. The Labute approximate surface area is 130 Å². The number of methoxy groups -OCH3 is 1. The van der Waals surface area contributed by atoms with Crippen molar-refractivity contribution in [2.45, 2.75) is 27.2 Å². The van der Waals surface area contributed by atoms with Crippen molar-refractivity contribution in [2.75, 3.05) is 12.4 Å². The van der Waals surface area contributed by atoms with Crippen molar-refractivity contribution < 1.29 is 14.3 Å². The van der Waals surface area contributed by atoms with Crippen LogP contribution in [0.5, 0.6) is 0 Å². The number of carbonyl (C=O) groups is 2. The van der Waals surface area contributed by atoms with E-state index in [1.807, 2.05) is 20.8 Å². The molecule has 0 saturated heterocycles. The molecule has 0 unspecified atom stereocenters. The van der Waals surface area contributed by atoms with Gasteiger partial charge in [-0.05, 0) is 29.8 Å². The number of carbonyl (C=O) groups excluding carboxylic acids is 2. The van der Waals surface area contributed by atoms with Crippen LogP contribution in [0.4, 0.5) is 5.69 Å². The molecule has 1 rings (SSSR count). The van der Waals surface area contributed by atoms with Crippen LogP contribution in [0, 0.1) is 5.41 Å². The van der Waals surface area contributed by atoms with Gasteiger partial charge >= 0.3 is 5.97 Å². The van der Waals surface area contributed by atoms with Crippen LogP contribution in [0.2, 0.25) is 0 Å². The van der Waals surface area contributed by atoms with E-state index in [1.165, 1.54) is 7.11 Å². The van der Waals surface area contributed by atoms with Gasteiger partial charge in [0.25, 0.3) is 0 Å². The lowest BCUT2D eigenvalue weighted by Gasteiger charge is -2.18. The Kier molecular flexibility index (Phi) is 5.84. The van der Waals surface area contributed by atoms with Crippen molar-refractivity contribution in [3.63, 3.8) is 0 Å². The van der Waals surface area contributed by atoms with E-state index in [2.05, 4.69) is 10.6 Å². The number of esters is 1. The highest BCUT2D eigenvalue weighted by molar-refractivity contribution is 7.80. The third-order valence-corrected chi connectivity index (χ3v) is 2.73. The van der Waals surface area contributed by atoms with Crippen LogP contribution in [-0.2, 0) is 9.53 Å². The molecular formula is C15H20N2O3S. The number of nitrogens with one attached hydrogen (secondary N) is 2. The van der Waals surface area contributed by atoms with Crippen LogP contribution in [-0.4, -0.2) is 24.1 Å². The van der Waals surface area contributed by atoms with Crippen molar-refractivity contribution in [2.24, 2.45) is 5.41 Å².